The van der Waals surface area contributed by atoms with Crippen molar-refractivity contribution in [2.45, 2.75) is 70.8 Å². The van der Waals surface area contributed by atoms with E-state index < -0.39 is 0 Å². The molecule has 0 spiro atoms. The molecule has 0 heterocycles. The maximum Gasteiger partial charge on any atom is 0.0701 e. The van der Waals surface area contributed by atoms with Crippen LogP contribution in [0.5, 0.6) is 0 Å². The Morgan fingerprint density at radius 2 is 1.71 bits per heavy atom. The van der Waals surface area contributed by atoms with Crippen molar-refractivity contribution in [3.05, 3.63) is 0 Å². The van der Waals surface area contributed by atoms with Gasteiger partial charge in [-0.2, -0.15) is 0 Å². The fraction of sp³-hybridized carbons (Fsp3) is 1.00. The van der Waals surface area contributed by atoms with Gasteiger partial charge >= 0.3 is 0 Å². The van der Waals surface area contributed by atoms with Gasteiger partial charge in [0.25, 0.3) is 0 Å². The summed E-state index contributed by atoms with van der Waals surface area (Å²) < 4.78 is 0. The number of rotatable bonds is 2. The van der Waals surface area contributed by atoms with Crippen LogP contribution >= 0.6 is 0 Å². The van der Waals surface area contributed by atoms with Crippen LogP contribution in [0.25, 0.3) is 0 Å². The molecule has 2 rings (SSSR count). The van der Waals surface area contributed by atoms with Crippen molar-refractivity contribution in [3.8, 4) is 0 Å². The Morgan fingerprint density at radius 1 is 1.07 bits per heavy atom. The Labute approximate surface area is 87.9 Å². The van der Waals surface area contributed by atoms with Gasteiger partial charge in [0.05, 0.1) is 5.60 Å². The highest BCUT2D eigenvalue weighted by Crippen LogP contribution is 2.50. The van der Waals surface area contributed by atoms with Crippen molar-refractivity contribution in [2.24, 2.45) is 11.3 Å². The first-order chi connectivity index (χ1) is 6.54. The third kappa shape index (κ3) is 1.71. The van der Waals surface area contributed by atoms with E-state index in [0.717, 1.165) is 18.8 Å². The standard InChI is InChI=1S/C13H24O/c1-12(2)8-5-9-13(12,14)10-11-6-3-4-7-11/h11,14H,3-10H2,1-2H3. The first-order valence-electron chi connectivity index (χ1n) is 6.26. The molecule has 1 atom stereocenters. The summed E-state index contributed by atoms with van der Waals surface area (Å²) in [6, 6.07) is 0. The molecule has 14 heavy (non-hydrogen) atoms. The van der Waals surface area contributed by atoms with E-state index in [4.69, 9.17) is 0 Å². The normalized spacial score (nSPS) is 37.9. The summed E-state index contributed by atoms with van der Waals surface area (Å²) >= 11 is 0. The highest BCUT2D eigenvalue weighted by atomic mass is 16.3. The second-order valence-electron chi connectivity index (χ2n) is 6.12. The van der Waals surface area contributed by atoms with Crippen LogP contribution in [0.15, 0.2) is 0 Å². The van der Waals surface area contributed by atoms with Gasteiger partial charge in [0.2, 0.25) is 0 Å². The molecule has 2 aliphatic rings. The van der Waals surface area contributed by atoms with Gasteiger partial charge in [-0.05, 0) is 37.0 Å². The van der Waals surface area contributed by atoms with Crippen molar-refractivity contribution in [1.29, 1.82) is 0 Å². The number of hydrogen-bond acceptors (Lipinski definition) is 1. The number of hydrogen-bond donors (Lipinski definition) is 1. The Bertz CT molecular complexity index is 203. The summed E-state index contributed by atoms with van der Waals surface area (Å²) in [7, 11) is 0. The van der Waals surface area contributed by atoms with Gasteiger partial charge in [0.1, 0.15) is 0 Å². The molecule has 0 bridgehead atoms. The van der Waals surface area contributed by atoms with Crippen molar-refractivity contribution in [3.63, 3.8) is 0 Å². The molecule has 2 aliphatic carbocycles. The van der Waals surface area contributed by atoms with Crippen LogP contribution in [-0.4, -0.2) is 10.7 Å². The molecule has 0 aliphatic heterocycles. The monoisotopic (exact) mass is 196 g/mol. The topological polar surface area (TPSA) is 20.2 Å². The van der Waals surface area contributed by atoms with Gasteiger partial charge in [-0.3, -0.25) is 0 Å². The smallest absolute Gasteiger partial charge is 0.0701 e. The van der Waals surface area contributed by atoms with E-state index in [1.54, 1.807) is 0 Å². The zero-order valence-corrected chi connectivity index (χ0v) is 9.68. The second-order valence-corrected chi connectivity index (χ2v) is 6.12. The average Bonchev–Trinajstić information content (AvgIpc) is 2.63. The molecular formula is C13H24O. The van der Waals surface area contributed by atoms with Crippen molar-refractivity contribution < 1.29 is 5.11 Å². The summed E-state index contributed by atoms with van der Waals surface area (Å²) in [5.41, 5.74) is -0.183. The van der Waals surface area contributed by atoms with Gasteiger partial charge in [0, 0.05) is 0 Å². The average molecular weight is 196 g/mol. The van der Waals surface area contributed by atoms with Crippen LogP contribution in [0.2, 0.25) is 0 Å². The fourth-order valence-electron chi connectivity index (χ4n) is 3.46. The van der Waals surface area contributed by atoms with E-state index in [-0.39, 0.29) is 11.0 Å². The maximum absolute atomic E-state index is 10.7. The molecule has 1 nitrogen and oxygen atoms in total. The van der Waals surface area contributed by atoms with Gasteiger partial charge < -0.3 is 5.11 Å². The Kier molecular flexibility index (Phi) is 2.63. The molecule has 0 radical (unpaired) electrons. The lowest BCUT2D eigenvalue weighted by molar-refractivity contribution is -0.0606. The van der Waals surface area contributed by atoms with E-state index >= 15 is 0 Å². The molecule has 0 aromatic rings. The lowest BCUT2D eigenvalue weighted by Gasteiger charge is -2.38. The quantitative estimate of drug-likeness (QED) is 0.716. The predicted molar refractivity (Wildman–Crippen MR) is 59.2 cm³/mol. The fourth-order valence-corrected chi connectivity index (χ4v) is 3.46. The molecule has 1 unspecified atom stereocenters. The minimum atomic E-state index is -0.345. The van der Waals surface area contributed by atoms with Crippen LogP contribution in [0, 0.1) is 11.3 Å². The van der Waals surface area contributed by atoms with Gasteiger partial charge in [-0.15, -0.1) is 0 Å². The highest BCUT2D eigenvalue weighted by molar-refractivity contribution is 4.99. The Hall–Kier alpha value is -0.0400. The maximum atomic E-state index is 10.7. The molecule has 1 N–H and O–H groups in total. The van der Waals surface area contributed by atoms with E-state index in [1.807, 2.05) is 0 Å². The SMILES string of the molecule is CC1(C)CCCC1(O)CC1CCCC1. The summed E-state index contributed by atoms with van der Waals surface area (Å²) in [6.07, 6.45) is 10.0. The molecule has 1 heteroatoms. The van der Waals surface area contributed by atoms with Gasteiger partial charge in [0.15, 0.2) is 0 Å². The van der Waals surface area contributed by atoms with Gasteiger partial charge in [-0.25, -0.2) is 0 Å². The summed E-state index contributed by atoms with van der Waals surface area (Å²) in [5.74, 6) is 0.817. The molecule has 0 amide bonds. The lowest BCUT2D eigenvalue weighted by atomic mass is 9.73. The molecule has 82 valence electrons. The van der Waals surface area contributed by atoms with Crippen LogP contribution in [-0.2, 0) is 0 Å². The van der Waals surface area contributed by atoms with Crippen molar-refractivity contribution >= 4 is 0 Å². The molecule has 2 fully saturated rings. The highest BCUT2D eigenvalue weighted by Gasteiger charge is 2.48. The van der Waals surface area contributed by atoms with E-state index in [9.17, 15) is 5.11 Å². The second kappa shape index (κ2) is 3.52. The predicted octanol–water partition coefficient (Wildman–Crippen LogP) is 3.51. The van der Waals surface area contributed by atoms with Crippen molar-refractivity contribution in [1.82, 2.24) is 0 Å². The first-order valence-corrected chi connectivity index (χ1v) is 6.26. The zero-order chi connectivity index (χ0) is 10.2. The largest absolute Gasteiger partial charge is 0.389 e. The summed E-state index contributed by atoms with van der Waals surface area (Å²) in [5, 5.41) is 10.7. The molecule has 0 aromatic heterocycles. The molecular weight excluding hydrogens is 172 g/mol. The van der Waals surface area contributed by atoms with E-state index in [0.29, 0.717) is 0 Å². The third-order valence-corrected chi connectivity index (χ3v) is 4.75. The third-order valence-electron chi connectivity index (χ3n) is 4.75. The zero-order valence-electron chi connectivity index (χ0n) is 9.68. The molecule has 2 saturated carbocycles. The molecule has 0 saturated heterocycles. The van der Waals surface area contributed by atoms with Crippen LogP contribution < -0.4 is 0 Å². The van der Waals surface area contributed by atoms with Gasteiger partial charge in [-0.1, -0.05) is 39.5 Å². The van der Waals surface area contributed by atoms with Crippen LogP contribution in [0.4, 0.5) is 0 Å². The first kappa shape index (κ1) is 10.5. The minimum absolute atomic E-state index is 0.162. The van der Waals surface area contributed by atoms with Crippen LogP contribution in [0.3, 0.4) is 0 Å². The van der Waals surface area contributed by atoms with Crippen molar-refractivity contribution in [2.75, 3.05) is 0 Å². The Morgan fingerprint density at radius 3 is 2.21 bits per heavy atom. The summed E-state index contributed by atoms with van der Waals surface area (Å²) in [4.78, 5) is 0. The number of aliphatic hydroxyl groups is 1. The summed E-state index contributed by atoms with van der Waals surface area (Å²) in [6.45, 7) is 4.49. The lowest BCUT2D eigenvalue weighted by Crippen LogP contribution is -2.41. The van der Waals surface area contributed by atoms with E-state index in [2.05, 4.69) is 13.8 Å². The van der Waals surface area contributed by atoms with Crippen LogP contribution in [0.1, 0.15) is 65.2 Å². The minimum Gasteiger partial charge on any atom is -0.389 e. The van der Waals surface area contributed by atoms with E-state index in [1.165, 1.54) is 38.5 Å². The Balaban J connectivity index is 2.00. The molecule has 0 aromatic carbocycles.